The molecule has 4 heteroatoms. The van der Waals surface area contributed by atoms with Gasteiger partial charge >= 0.3 is 5.97 Å². The van der Waals surface area contributed by atoms with Crippen LogP contribution in [0.25, 0.3) is 0 Å². The van der Waals surface area contributed by atoms with Crippen molar-refractivity contribution >= 4 is 5.97 Å². The summed E-state index contributed by atoms with van der Waals surface area (Å²) < 4.78 is 0. The van der Waals surface area contributed by atoms with Crippen molar-refractivity contribution in [3.63, 3.8) is 0 Å². The molecule has 0 aliphatic carbocycles. The van der Waals surface area contributed by atoms with E-state index in [1.54, 1.807) is 0 Å². The Morgan fingerprint density at radius 3 is 2.84 bits per heavy atom. The molecule has 2 rings (SSSR count). The summed E-state index contributed by atoms with van der Waals surface area (Å²) in [5.41, 5.74) is 1.31. The number of hydrogen-bond acceptors (Lipinski definition) is 3. The molecular formula is C15H22N2O2. The second-order valence-corrected chi connectivity index (χ2v) is 5.33. The molecule has 19 heavy (non-hydrogen) atoms. The number of likely N-dealkylation sites (N-methyl/N-ethyl adjacent to an activating group) is 1. The van der Waals surface area contributed by atoms with Gasteiger partial charge in [0.25, 0.3) is 0 Å². The first-order chi connectivity index (χ1) is 9.15. The number of piperidine rings is 1. The molecule has 0 radical (unpaired) electrons. The van der Waals surface area contributed by atoms with Gasteiger partial charge < -0.3 is 5.11 Å². The molecule has 1 saturated heterocycles. The fraction of sp³-hybridized carbons (Fsp3) is 0.533. The molecular weight excluding hydrogens is 240 g/mol. The number of likely N-dealkylation sites (tertiary alicyclic amines) is 1. The van der Waals surface area contributed by atoms with Crippen molar-refractivity contribution in [2.45, 2.75) is 25.4 Å². The minimum Gasteiger partial charge on any atom is -0.480 e. The first-order valence-corrected chi connectivity index (χ1v) is 6.83. The average Bonchev–Trinajstić information content (AvgIpc) is 2.39. The Bertz CT molecular complexity index is 408. The van der Waals surface area contributed by atoms with Crippen molar-refractivity contribution in [1.29, 1.82) is 0 Å². The second kappa shape index (κ2) is 6.68. The Morgan fingerprint density at radius 1 is 1.42 bits per heavy atom. The van der Waals surface area contributed by atoms with E-state index in [-0.39, 0.29) is 6.54 Å². The number of carbonyl (C=O) groups is 1. The highest BCUT2D eigenvalue weighted by Gasteiger charge is 2.24. The summed E-state index contributed by atoms with van der Waals surface area (Å²) in [7, 11) is 2.13. The molecule has 0 saturated carbocycles. The number of aliphatic carboxylic acids is 1. The Hall–Kier alpha value is -1.39. The average molecular weight is 262 g/mol. The first-order valence-electron chi connectivity index (χ1n) is 6.83. The lowest BCUT2D eigenvalue weighted by Crippen LogP contribution is -2.47. The van der Waals surface area contributed by atoms with Gasteiger partial charge in [0.1, 0.15) is 0 Å². The van der Waals surface area contributed by atoms with Crippen molar-refractivity contribution in [3.8, 4) is 0 Å². The summed E-state index contributed by atoms with van der Waals surface area (Å²) in [5, 5.41) is 8.87. The number of carboxylic acids is 1. The Kier molecular flexibility index (Phi) is 4.93. The number of nitrogens with zero attached hydrogens (tertiary/aromatic N) is 2. The van der Waals surface area contributed by atoms with Gasteiger partial charge in [-0.15, -0.1) is 0 Å². The summed E-state index contributed by atoms with van der Waals surface area (Å²) in [6.07, 6.45) is 2.23. The van der Waals surface area contributed by atoms with Crippen molar-refractivity contribution in [2.24, 2.45) is 0 Å². The highest BCUT2D eigenvalue weighted by atomic mass is 16.4. The Morgan fingerprint density at radius 2 is 2.16 bits per heavy atom. The largest absolute Gasteiger partial charge is 0.480 e. The zero-order valence-corrected chi connectivity index (χ0v) is 11.5. The maximum Gasteiger partial charge on any atom is 0.317 e. The molecule has 0 bridgehead atoms. The lowest BCUT2D eigenvalue weighted by Gasteiger charge is -2.37. The van der Waals surface area contributed by atoms with E-state index >= 15 is 0 Å². The quantitative estimate of drug-likeness (QED) is 0.876. The fourth-order valence-corrected chi connectivity index (χ4v) is 2.73. The van der Waals surface area contributed by atoms with E-state index in [1.807, 2.05) is 11.0 Å². The third kappa shape index (κ3) is 4.33. The number of hydrogen-bond donors (Lipinski definition) is 1. The predicted octanol–water partition coefficient (Wildman–Crippen LogP) is 1.67. The molecule has 0 amide bonds. The van der Waals surface area contributed by atoms with Crippen LogP contribution >= 0.6 is 0 Å². The van der Waals surface area contributed by atoms with E-state index in [0.717, 1.165) is 32.5 Å². The van der Waals surface area contributed by atoms with Crippen LogP contribution in [0.5, 0.6) is 0 Å². The zero-order chi connectivity index (χ0) is 13.7. The first kappa shape index (κ1) is 14.0. The highest BCUT2D eigenvalue weighted by Crippen LogP contribution is 2.16. The molecule has 1 aliphatic heterocycles. The maximum atomic E-state index is 10.8. The van der Waals surface area contributed by atoms with Gasteiger partial charge in [0.05, 0.1) is 6.54 Å². The van der Waals surface area contributed by atoms with Gasteiger partial charge in [0.2, 0.25) is 0 Å². The van der Waals surface area contributed by atoms with Gasteiger partial charge in [0, 0.05) is 19.1 Å². The van der Waals surface area contributed by atoms with E-state index in [4.69, 9.17) is 5.11 Å². The third-order valence-corrected chi connectivity index (χ3v) is 3.74. The van der Waals surface area contributed by atoms with Crippen molar-refractivity contribution < 1.29 is 9.90 Å². The predicted molar refractivity (Wildman–Crippen MR) is 75.0 cm³/mol. The van der Waals surface area contributed by atoms with E-state index in [9.17, 15) is 4.79 Å². The number of carboxylic acid groups (broad SMARTS) is 1. The molecule has 1 aromatic rings. The van der Waals surface area contributed by atoms with Gasteiger partial charge in [-0.3, -0.25) is 14.6 Å². The molecule has 1 aliphatic rings. The Balaban J connectivity index is 1.88. The molecule has 1 N–H and O–H groups in total. The number of rotatable bonds is 5. The van der Waals surface area contributed by atoms with Crippen molar-refractivity contribution in [3.05, 3.63) is 35.9 Å². The topological polar surface area (TPSA) is 43.8 Å². The van der Waals surface area contributed by atoms with Gasteiger partial charge in [-0.1, -0.05) is 30.3 Å². The number of benzene rings is 1. The monoisotopic (exact) mass is 262 g/mol. The van der Waals surface area contributed by atoms with Crippen LogP contribution in [-0.4, -0.2) is 53.6 Å². The van der Waals surface area contributed by atoms with Crippen LogP contribution in [0.3, 0.4) is 0 Å². The van der Waals surface area contributed by atoms with E-state index in [1.165, 1.54) is 5.56 Å². The van der Waals surface area contributed by atoms with Crippen LogP contribution in [0.2, 0.25) is 0 Å². The highest BCUT2D eigenvalue weighted by molar-refractivity contribution is 5.69. The van der Waals surface area contributed by atoms with Gasteiger partial charge in [-0.05, 0) is 32.0 Å². The molecule has 4 nitrogen and oxygen atoms in total. The van der Waals surface area contributed by atoms with Crippen LogP contribution in [-0.2, 0) is 11.3 Å². The summed E-state index contributed by atoms with van der Waals surface area (Å²) >= 11 is 0. The van der Waals surface area contributed by atoms with Crippen molar-refractivity contribution in [1.82, 2.24) is 9.80 Å². The van der Waals surface area contributed by atoms with Crippen LogP contribution < -0.4 is 0 Å². The SMILES string of the molecule is CN(Cc1ccccc1)[C@H]1CCCN(CC(=O)O)C1. The second-order valence-electron chi connectivity index (χ2n) is 5.33. The molecule has 104 valence electrons. The smallest absolute Gasteiger partial charge is 0.317 e. The third-order valence-electron chi connectivity index (χ3n) is 3.74. The lowest BCUT2D eigenvalue weighted by atomic mass is 10.0. The van der Waals surface area contributed by atoms with Gasteiger partial charge in [0.15, 0.2) is 0 Å². The van der Waals surface area contributed by atoms with Crippen LogP contribution in [0.15, 0.2) is 30.3 Å². The molecule has 0 spiro atoms. The van der Waals surface area contributed by atoms with Crippen LogP contribution in [0.4, 0.5) is 0 Å². The summed E-state index contributed by atoms with van der Waals surface area (Å²) in [6.45, 7) is 2.85. The normalized spacial score (nSPS) is 20.6. The molecule has 1 fully saturated rings. The Labute approximate surface area is 114 Å². The lowest BCUT2D eigenvalue weighted by molar-refractivity contribution is -0.138. The van der Waals surface area contributed by atoms with E-state index in [2.05, 4.69) is 36.2 Å². The molecule has 1 atom stereocenters. The van der Waals surface area contributed by atoms with E-state index < -0.39 is 5.97 Å². The molecule has 0 aromatic heterocycles. The molecule has 1 aromatic carbocycles. The zero-order valence-electron chi connectivity index (χ0n) is 11.5. The van der Waals surface area contributed by atoms with Gasteiger partial charge in [-0.2, -0.15) is 0 Å². The van der Waals surface area contributed by atoms with Crippen LogP contribution in [0, 0.1) is 0 Å². The minimum atomic E-state index is -0.730. The summed E-state index contributed by atoms with van der Waals surface area (Å²) in [5.74, 6) is -0.730. The fourth-order valence-electron chi connectivity index (χ4n) is 2.73. The molecule has 0 unspecified atom stereocenters. The van der Waals surface area contributed by atoms with E-state index in [0.29, 0.717) is 6.04 Å². The standard InChI is InChI=1S/C15H22N2O2/c1-16(10-13-6-3-2-4-7-13)14-8-5-9-17(11-14)12-15(18)19/h2-4,6-7,14H,5,8-12H2,1H3,(H,18,19)/t14-/m0/s1. The van der Waals surface area contributed by atoms with Gasteiger partial charge in [-0.25, -0.2) is 0 Å². The minimum absolute atomic E-state index is 0.162. The van der Waals surface area contributed by atoms with Crippen molar-refractivity contribution in [2.75, 3.05) is 26.7 Å². The molecule has 1 heterocycles. The summed E-state index contributed by atoms with van der Waals surface area (Å²) in [4.78, 5) is 15.2. The summed E-state index contributed by atoms with van der Waals surface area (Å²) in [6, 6.07) is 10.9. The van der Waals surface area contributed by atoms with Crippen LogP contribution in [0.1, 0.15) is 18.4 Å². The maximum absolute atomic E-state index is 10.8.